The van der Waals surface area contributed by atoms with E-state index in [1.807, 2.05) is 7.11 Å². The zero-order chi connectivity index (χ0) is 10.7. The molecule has 2 aliphatic rings. The van der Waals surface area contributed by atoms with Gasteiger partial charge in [0.15, 0.2) is 0 Å². The van der Waals surface area contributed by atoms with Crippen molar-refractivity contribution >= 4 is 0 Å². The fraction of sp³-hybridized carbons (Fsp3) is 1.00. The Hall–Kier alpha value is -0.120. The monoisotopic (exact) mass is 213 g/mol. The Balaban J connectivity index is 1.69. The molecule has 2 fully saturated rings. The molecule has 0 spiro atoms. The van der Waals surface area contributed by atoms with E-state index >= 15 is 0 Å². The Bertz CT molecular complexity index is 190. The van der Waals surface area contributed by atoms with Crippen LogP contribution in [-0.4, -0.2) is 36.5 Å². The summed E-state index contributed by atoms with van der Waals surface area (Å²) >= 11 is 0. The van der Waals surface area contributed by atoms with Crippen molar-refractivity contribution in [3.63, 3.8) is 0 Å². The molecule has 0 aliphatic heterocycles. The molecule has 0 radical (unpaired) electrons. The predicted molar refractivity (Wildman–Crippen MR) is 59.9 cm³/mol. The first-order chi connectivity index (χ1) is 7.24. The van der Waals surface area contributed by atoms with Gasteiger partial charge in [-0.05, 0) is 44.9 Å². The van der Waals surface area contributed by atoms with Crippen LogP contribution in [0.15, 0.2) is 0 Å². The van der Waals surface area contributed by atoms with E-state index in [2.05, 4.69) is 5.32 Å². The molecule has 2 saturated carbocycles. The van der Waals surface area contributed by atoms with Gasteiger partial charge in [-0.25, -0.2) is 0 Å². The molecule has 0 atom stereocenters. The summed E-state index contributed by atoms with van der Waals surface area (Å²) < 4.78 is 5.57. The Morgan fingerprint density at radius 1 is 1.27 bits per heavy atom. The van der Waals surface area contributed by atoms with Crippen molar-refractivity contribution in [2.24, 2.45) is 0 Å². The van der Waals surface area contributed by atoms with E-state index < -0.39 is 0 Å². The van der Waals surface area contributed by atoms with Crippen LogP contribution in [0, 0.1) is 0 Å². The molecule has 0 aromatic heterocycles. The molecule has 2 aliphatic carbocycles. The normalized spacial score (nSPS) is 34.8. The van der Waals surface area contributed by atoms with Crippen LogP contribution in [0.1, 0.15) is 44.9 Å². The van der Waals surface area contributed by atoms with Crippen LogP contribution in [0.3, 0.4) is 0 Å². The molecule has 3 nitrogen and oxygen atoms in total. The zero-order valence-electron chi connectivity index (χ0n) is 9.67. The van der Waals surface area contributed by atoms with Crippen molar-refractivity contribution < 1.29 is 9.84 Å². The molecule has 0 saturated heterocycles. The Morgan fingerprint density at radius 3 is 2.40 bits per heavy atom. The summed E-state index contributed by atoms with van der Waals surface area (Å²) in [6, 6.07) is 0.598. The number of hydrogen-bond donors (Lipinski definition) is 2. The molecule has 0 amide bonds. The molecule has 88 valence electrons. The highest BCUT2D eigenvalue weighted by molar-refractivity contribution is 4.92. The van der Waals surface area contributed by atoms with Crippen molar-refractivity contribution in [2.75, 3.05) is 13.7 Å². The molecule has 0 bridgehead atoms. The first kappa shape index (κ1) is 11.4. The number of aliphatic hydroxyl groups excluding tert-OH is 1. The SMILES string of the molecule is COC1(CNC2CCC(O)CC2)CCC1. The van der Waals surface area contributed by atoms with E-state index in [0.717, 1.165) is 32.2 Å². The van der Waals surface area contributed by atoms with E-state index in [-0.39, 0.29) is 11.7 Å². The van der Waals surface area contributed by atoms with Crippen molar-refractivity contribution in [2.45, 2.75) is 62.7 Å². The summed E-state index contributed by atoms with van der Waals surface area (Å²) in [5.74, 6) is 0. The second kappa shape index (κ2) is 4.81. The quantitative estimate of drug-likeness (QED) is 0.742. The van der Waals surface area contributed by atoms with Gasteiger partial charge in [-0.3, -0.25) is 0 Å². The van der Waals surface area contributed by atoms with Gasteiger partial charge >= 0.3 is 0 Å². The standard InChI is InChI=1S/C12H23NO2/c1-15-12(7-2-8-12)9-13-10-3-5-11(14)6-4-10/h10-11,13-14H,2-9H2,1H3. The highest BCUT2D eigenvalue weighted by atomic mass is 16.5. The van der Waals surface area contributed by atoms with Crippen LogP contribution in [0.4, 0.5) is 0 Å². The van der Waals surface area contributed by atoms with Crippen molar-refractivity contribution in [3.8, 4) is 0 Å². The Morgan fingerprint density at radius 2 is 1.93 bits per heavy atom. The number of aliphatic hydroxyl groups is 1. The van der Waals surface area contributed by atoms with Crippen LogP contribution in [0.2, 0.25) is 0 Å². The van der Waals surface area contributed by atoms with Crippen molar-refractivity contribution in [3.05, 3.63) is 0 Å². The van der Waals surface area contributed by atoms with Gasteiger partial charge in [-0.2, -0.15) is 0 Å². The second-order valence-electron chi connectivity index (χ2n) is 5.13. The smallest absolute Gasteiger partial charge is 0.0802 e. The number of rotatable bonds is 4. The van der Waals surface area contributed by atoms with Gasteiger partial charge in [0, 0.05) is 19.7 Å². The van der Waals surface area contributed by atoms with Gasteiger partial charge in [-0.1, -0.05) is 0 Å². The minimum absolute atomic E-state index is 0.0526. The molecule has 3 heteroatoms. The minimum Gasteiger partial charge on any atom is -0.393 e. The lowest BCUT2D eigenvalue weighted by Crippen LogP contribution is -2.51. The van der Waals surface area contributed by atoms with Gasteiger partial charge in [-0.15, -0.1) is 0 Å². The van der Waals surface area contributed by atoms with Crippen LogP contribution in [0.5, 0.6) is 0 Å². The number of ether oxygens (including phenoxy) is 1. The average Bonchev–Trinajstić information content (AvgIpc) is 2.20. The first-order valence-corrected chi connectivity index (χ1v) is 6.21. The summed E-state index contributed by atoms with van der Waals surface area (Å²) in [5, 5.41) is 13.0. The molecule has 0 aromatic rings. The lowest BCUT2D eigenvalue weighted by molar-refractivity contribution is -0.0718. The fourth-order valence-electron chi connectivity index (χ4n) is 2.63. The fourth-order valence-corrected chi connectivity index (χ4v) is 2.63. The maximum absolute atomic E-state index is 9.41. The zero-order valence-corrected chi connectivity index (χ0v) is 9.67. The number of nitrogens with one attached hydrogen (secondary N) is 1. The maximum atomic E-state index is 9.41. The van der Waals surface area contributed by atoms with Gasteiger partial charge < -0.3 is 15.2 Å². The molecular weight excluding hydrogens is 190 g/mol. The van der Waals surface area contributed by atoms with Gasteiger partial charge in [0.1, 0.15) is 0 Å². The summed E-state index contributed by atoms with van der Waals surface area (Å²) in [5.41, 5.74) is 0.135. The molecule has 0 aromatic carbocycles. The highest BCUT2D eigenvalue weighted by Crippen LogP contribution is 2.34. The van der Waals surface area contributed by atoms with Crippen LogP contribution in [-0.2, 0) is 4.74 Å². The van der Waals surface area contributed by atoms with Crippen LogP contribution < -0.4 is 5.32 Å². The van der Waals surface area contributed by atoms with E-state index in [1.165, 1.54) is 19.3 Å². The van der Waals surface area contributed by atoms with Gasteiger partial charge in [0.05, 0.1) is 11.7 Å². The molecular formula is C12H23NO2. The third-order valence-corrected chi connectivity index (χ3v) is 4.11. The lowest BCUT2D eigenvalue weighted by atomic mass is 9.79. The molecule has 0 heterocycles. The summed E-state index contributed by atoms with van der Waals surface area (Å²) in [6.45, 7) is 0.990. The number of hydrogen-bond acceptors (Lipinski definition) is 3. The van der Waals surface area contributed by atoms with E-state index in [0.29, 0.717) is 6.04 Å². The van der Waals surface area contributed by atoms with Gasteiger partial charge in [0.25, 0.3) is 0 Å². The third kappa shape index (κ3) is 2.71. The minimum atomic E-state index is -0.0526. The Kier molecular flexibility index (Phi) is 3.65. The highest BCUT2D eigenvalue weighted by Gasteiger charge is 2.37. The van der Waals surface area contributed by atoms with E-state index in [1.54, 1.807) is 0 Å². The van der Waals surface area contributed by atoms with Gasteiger partial charge in [0.2, 0.25) is 0 Å². The maximum Gasteiger partial charge on any atom is 0.0802 e. The van der Waals surface area contributed by atoms with E-state index in [9.17, 15) is 5.11 Å². The molecule has 2 rings (SSSR count). The average molecular weight is 213 g/mol. The topological polar surface area (TPSA) is 41.5 Å². The molecule has 0 unspecified atom stereocenters. The lowest BCUT2D eigenvalue weighted by Gasteiger charge is -2.42. The molecule has 15 heavy (non-hydrogen) atoms. The predicted octanol–water partition coefficient (Wildman–Crippen LogP) is 1.45. The first-order valence-electron chi connectivity index (χ1n) is 6.21. The summed E-state index contributed by atoms with van der Waals surface area (Å²) in [7, 11) is 1.82. The van der Waals surface area contributed by atoms with E-state index in [4.69, 9.17) is 4.74 Å². The van der Waals surface area contributed by atoms with Crippen molar-refractivity contribution in [1.29, 1.82) is 0 Å². The molecule has 2 N–H and O–H groups in total. The largest absolute Gasteiger partial charge is 0.393 e. The van der Waals surface area contributed by atoms with Crippen LogP contribution >= 0.6 is 0 Å². The van der Waals surface area contributed by atoms with Crippen molar-refractivity contribution in [1.82, 2.24) is 5.32 Å². The summed E-state index contributed by atoms with van der Waals surface area (Å²) in [6.07, 6.45) is 7.79. The number of methoxy groups -OCH3 is 1. The van der Waals surface area contributed by atoms with Crippen LogP contribution in [0.25, 0.3) is 0 Å². The Labute approximate surface area is 92.2 Å². The second-order valence-corrected chi connectivity index (χ2v) is 5.13. The third-order valence-electron chi connectivity index (χ3n) is 4.11. The summed E-state index contributed by atoms with van der Waals surface area (Å²) in [4.78, 5) is 0.